The van der Waals surface area contributed by atoms with E-state index in [4.69, 9.17) is 33.0 Å². The van der Waals surface area contributed by atoms with Crippen molar-refractivity contribution in [1.82, 2.24) is 15.0 Å². The number of hydrogen-bond donors (Lipinski definition) is 3. The molecule has 2 aliphatic rings. The van der Waals surface area contributed by atoms with Crippen molar-refractivity contribution in [2.45, 2.75) is 64.4 Å². The van der Waals surface area contributed by atoms with Gasteiger partial charge in [0.05, 0.1) is 42.6 Å². The Bertz CT molecular complexity index is 1470. The average molecular weight is 536 g/mol. The highest BCUT2D eigenvalue weighted by atomic mass is 16.8. The van der Waals surface area contributed by atoms with Crippen molar-refractivity contribution in [3.05, 3.63) is 53.9 Å². The van der Waals surface area contributed by atoms with E-state index < -0.39 is 11.5 Å². The predicted molar refractivity (Wildman–Crippen MR) is 143 cm³/mol. The Morgan fingerprint density at radius 2 is 2.10 bits per heavy atom. The van der Waals surface area contributed by atoms with E-state index in [9.17, 15) is 5.11 Å². The average Bonchev–Trinajstić information content (AvgIpc) is 3.65. The standard InChI is InChI=1S/C28H33N5O6/c1-16-23(21-11-18-10-19(15-35-4)29-13-22(18)37-21)25(32-26(31-16)30-12-20-6-5-9-36-20)33-28-8-7-17(14-34)24(28)38-27(2,3)39-28/h5-6,9-11,13,17,24,34H,7-8,12,14-15H2,1-4H3,(H2,30,31,32,33). The molecule has 3 unspecified atom stereocenters. The lowest BCUT2D eigenvalue weighted by atomic mass is 10.0. The van der Waals surface area contributed by atoms with Crippen LogP contribution in [0.2, 0.25) is 0 Å². The van der Waals surface area contributed by atoms with Crippen LogP contribution in [0.1, 0.15) is 43.8 Å². The van der Waals surface area contributed by atoms with Crippen LogP contribution in [0.5, 0.6) is 0 Å². The number of aliphatic hydroxyl groups is 1. The molecule has 4 aromatic rings. The number of pyridine rings is 1. The zero-order valence-corrected chi connectivity index (χ0v) is 22.5. The number of ether oxygens (including phenoxy) is 3. The smallest absolute Gasteiger partial charge is 0.225 e. The highest BCUT2D eigenvalue weighted by Gasteiger charge is 2.60. The summed E-state index contributed by atoms with van der Waals surface area (Å²) in [6.45, 7) is 6.53. The fourth-order valence-corrected chi connectivity index (χ4v) is 5.65. The maximum atomic E-state index is 10.0. The summed E-state index contributed by atoms with van der Waals surface area (Å²) in [6.07, 6.45) is 4.38. The highest BCUT2D eigenvalue weighted by molar-refractivity contribution is 5.86. The van der Waals surface area contributed by atoms with Crippen LogP contribution < -0.4 is 10.6 Å². The quantitative estimate of drug-likeness (QED) is 0.277. The first kappa shape index (κ1) is 25.8. The van der Waals surface area contributed by atoms with Gasteiger partial charge < -0.3 is 38.8 Å². The largest absolute Gasteiger partial charge is 0.467 e. The summed E-state index contributed by atoms with van der Waals surface area (Å²) in [4.78, 5) is 14.0. The van der Waals surface area contributed by atoms with E-state index in [0.717, 1.165) is 23.3 Å². The molecule has 0 spiro atoms. The Morgan fingerprint density at radius 3 is 2.87 bits per heavy atom. The first-order chi connectivity index (χ1) is 18.8. The molecule has 0 radical (unpaired) electrons. The summed E-state index contributed by atoms with van der Waals surface area (Å²) in [6, 6.07) is 7.63. The summed E-state index contributed by atoms with van der Waals surface area (Å²) < 4.78 is 29.7. The van der Waals surface area contributed by atoms with Gasteiger partial charge in [0.1, 0.15) is 23.4 Å². The van der Waals surface area contributed by atoms with E-state index in [2.05, 4.69) is 15.6 Å². The van der Waals surface area contributed by atoms with Gasteiger partial charge in [-0.1, -0.05) is 0 Å². The first-order valence-corrected chi connectivity index (χ1v) is 13.1. The number of aromatic nitrogens is 3. The molecule has 11 nitrogen and oxygen atoms in total. The lowest BCUT2D eigenvalue weighted by Gasteiger charge is -2.31. The lowest BCUT2D eigenvalue weighted by Crippen LogP contribution is -2.46. The van der Waals surface area contributed by atoms with E-state index in [-0.39, 0.29) is 18.6 Å². The molecule has 0 aromatic carbocycles. The number of hydrogen-bond acceptors (Lipinski definition) is 11. The fraction of sp³-hybridized carbons (Fsp3) is 0.464. The molecule has 5 heterocycles. The normalized spacial score (nSPS) is 23.8. The van der Waals surface area contributed by atoms with E-state index in [1.165, 1.54) is 0 Å². The van der Waals surface area contributed by atoms with Crippen LogP contribution in [-0.2, 0) is 27.4 Å². The number of anilines is 2. The molecule has 2 fully saturated rings. The second-order valence-corrected chi connectivity index (χ2v) is 10.6. The number of furan rings is 2. The number of fused-ring (bicyclic) bond motifs is 2. The third-order valence-corrected chi connectivity index (χ3v) is 7.27. The molecule has 0 amide bonds. The Balaban J connectivity index is 1.42. The van der Waals surface area contributed by atoms with E-state index in [1.54, 1.807) is 19.6 Å². The number of nitrogens with one attached hydrogen (secondary N) is 2. The topological polar surface area (TPSA) is 137 Å². The van der Waals surface area contributed by atoms with Crippen LogP contribution in [0.15, 0.2) is 45.6 Å². The van der Waals surface area contributed by atoms with Gasteiger partial charge in [-0.3, -0.25) is 4.98 Å². The minimum Gasteiger partial charge on any atom is -0.467 e. The Hall–Kier alpha value is -3.51. The van der Waals surface area contributed by atoms with E-state index in [1.807, 2.05) is 45.0 Å². The summed E-state index contributed by atoms with van der Waals surface area (Å²) in [5.74, 6) is 1.45. The molecule has 3 N–H and O–H groups in total. The second kappa shape index (κ2) is 9.91. The maximum absolute atomic E-state index is 10.0. The van der Waals surface area contributed by atoms with Gasteiger partial charge in [0.2, 0.25) is 5.95 Å². The summed E-state index contributed by atoms with van der Waals surface area (Å²) in [7, 11) is 1.64. The number of nitrogens with zero attached hydrogens (tertiary/aromatic N) is 3. The molecule has 1 saturated heterocycles. The third-order valence-electron chi connectivity index (χ3n) is 7.27. The minimum absolute atomic E-state index is 0.0134. The summed E-state index contributed by atoms with van der Waals surface area (Å²) >= 11 is 0. The fourth-order valence-electron chi connectivity index (χ4n) is 5.65. The minimum atomic E-state index is -0.871. The molecule has 0 bridgehead atoms. The second-order valence-electron chi connectivity index (χ2n) is 10.6. The van der Waals surface area contributed by atoms with Gasteiger partial charge in [0.15, 0.2) is 17.1 Å². The SMILES string of the molecule is COCc1cc2cc(-c3c(C)nc(NCc4ccco4)nc3NC34CCC(CO)C3OC(C)(C)O4)oc2cn1. The van der Waals surface area contributed by atoms with Gasteiger partial charge in [-0.25, -0.2) is 4.98 Å². The molecule has 6 rings (SSSR count). The molecule has 1 aliphatic heterocycles. The van der Waals surface area contributed by atoms with Crippen molar-refractivity contribution >= 4 is 22.7 Å². The van der Waals surface area contributed by atoms with Crippen molar-refractivity contribution in [2.24, 2.45) is 5.92 Å². The monoisotopic (exact) mass is 535 g/mol. The van der Waals surface area contributed by atoms with Crippen molar-refractivity contribution in [3.8, 4) is 11.3 Å². The first-order valence-electron chi connectivity index (χ1n) is 13.1. The van der Waals surface area contributed by atoms with Crippen molar-refractivity contribution in [3.63, 3.8) is 0 Å². The van der Waals surface area contributed by atoms with Crippen LogP contribution in [-0.4, -0.2) is 51.4 Å². The van der Waals surface area contributed by atoms with Gasteiger partial charge in [-0.15, -0.1) is 0 Å². The summed E-state index contributed by atoms with van der Waals surface area (Å²) in [5.41, 5.74) is 2.00. The number of aliphatic hydroxyl groups excluding tert-OH is 1. The van der Waals surface area contributed by atoms with Gasteiger partial charge in [-0.2, -0.15) is 4.98 Å². The van der Waals surface area contributed by atoms with Gasteiger partial charge in [0.25, 0.3) is 0 Å². The van der Waals surface area contributed by atoms with Crippen LogP contribution in [0.25, 0.3) is 22.3 Å². The number of aryl methyl sites for hydroxylation is 1. The molecule has 206 valence electrons. The number of rotatable bonds is 9. The van der Waals surface area contributed by atoms with Crippen LogP contribution in [0, 0.1) is 12.8 Å². The van der Waals surface area contributed by atoms with Crippen molar-refractivity contribution in [2.75, 3.05) is 24.4 Å². The molecular formula is C28H33N5O6. The molecule has 1 saturated carbocycles. The molecule has 4 aromatic heterocycles. The third kappa shape index (κ3) is 4.87. The summed E-state index contributed by atoms with van der Waals surface area (Å²) in [5, 5.41) is 17.8. The molecule has 1 aliphatic carbocycles. The zero-order chi connectivity index (χ0) is 27.2. The Labute approximate surface area is 225 Å². The predicted octanol–water partition coefficient (Wildman–Crippen LogP) is 4.61. The van der Waals surface area contributed by atoms with Gasteiger partial charge >= 0.3 is 0 Å². The Morgan fingerprint density at radius 1 is 1.23 bits per heavy atom. The van der Waals surface area contributed by atoms with Crippen LogP contribution >= 0.6 is 0 Å². The van der Waals surface area contributed by atoms with Crippen LogP contribution in [0.4, 0.5) is 11.8 Å². The van der Waals surface area contributed by atoms with Crippen LogP contribution in [0.3, 0.4) is 0 Å². The van der Waals surface area contributed by atoms with Gasteiger partial charge in [-0.05, 0) is 57.9 Å². The lowest BCUT2D eigenvalue weighted by molar-refractivity contribution is -0.168. The van der Waals surface area contributed by atoms with Gasteiger partial charge in [0, 0.05) is 25.0 Å². The highest BCUT2D eigenvalue weighted by Crippen LogP contribution is 2.50. The number of methoxy groups -OCH3 is 1. The molecule has 3 atom stereocenters. The molecular weight excluding hydrogens is 502 g/mol. The van der Waals surface area contributed by atoms with E-state index >= 15 is 0 Å². The van der Waals surface area contributed by atoms with E-state index in [0.29, 0.717) is 53.9 Å². The van der Waals surface area contributed by atoms with Crippen molar-refractivity contribution in [1.29, 1.82) is 0 Å². The van der Waals surface area contributed by atoms with Crippen molar-refractivity contribution < 1.29 is 28.2 Å². The zero-order valence-electron chi connectivity index (χ0n) is 22.5. The maximum Gasteiger partial charge on any atom is 0.225 e. The Kier molecular flexibility index (Phi) is 6.54. The molecule has 39 heavy (non-hydrogen) atoms. The molecule has 11 heteroatoms.